The lowest BCUT2D eigenvalue weighted by Crippen LogP contribution is -2.57. The third-order valence-electron chi connectivity index (χ3n) is 3.87. The summed E-state index contributed by atoms with van der Waals surface area (Å²) in [7, 11) is 4.11. The summed E-state index contributed by atoms with van der Waals surface area (Å²) >= 11 is 0. The van der Waals surface area contributed by atoms with Crippen LogP contribution in [0.1, 0.15) is 39.0 Å². The molecule has 96 valence electrons. The first-order valence-electron chi connectivity index (χ1n) is 6.40. The summed E-state index contributed by atoms with van der Waals surface area (Å²) in [6.07, 6.45) is 5.00. The molecule has 0 heterocycles. The van der Waals surface area contributed by atoms with Gasteiger partial charge < -0.3 is 10.2 Å². The Hall–Kier alpha value is -1.08. The van der Waals surface area contributed by atoms with Gasteiger partial charge in [0.25, 0.3) is 0 Å². The number of hydrogen-bond acceptors (Lipinski definition) is 3. The number of hydrogen-bond donors (Lipinski definition) is 1. The fourth-order valence-electron chi connectivity index (χ4n) is 2.28. The Labute approximate surface area is 104 Å². The molecule has 1 aliphatic carbocycles. The maximum Gasteiger partial charge on any atom is 0.237 e. The van der Waals surface area contributed by atoms with Crippen LogP contribution in [-0.4, -0.2) is 37.0 Å². The molecule has 1 saturated carbocycles. The zero-order chi connectivity index (χ0) is 12.9. The van der Waals surface area contributed by atoms with Crippen LogP contribution < -0.4 is 5.32 Å². The lowest BCUT2D eigenvalue weighted by molar-refractivity contribution is -0.124. The van der Waals surface area contributed by atoms with Gasteiger partial charge in [0, 0.05) is 12.1 Å². The molecular weight excluding hydrogens is 214 g/mol. The van der Waals surface area contributed by atoms with E-state index < -0.39 is 5.92 Å². The summed E-state index contributed by atoms with van der Waals surface area (Å²) in [5.41, 5.74) is 0.127. The second-order valence-electron chi connectivity index (χ2n) is 5.16. The zero-order valence-corrected chi connectivity index (χ0v) is 11.1. The van der Waals surface area contributed by atoms with Crippen LogP contribution in [0.5, 0.6) is 0 Å². The second kappa shape index (κ2) is 6.02. The van der Waals surface area contributed by atoms with Crippen LogP contribution in [-0.2, 0) is 4.79 Å². The molecule has 0 aromatic rings. The molecule has 0 aliphatic heterocycles. The molecule has 1 N–H and O–H groups in total. The molecule has 1 unspecified atom stereocenters. The van der Waals surface area contributed by atoms with E-state index in [9.17, 15) is 4.79 Å². The third-order valence-corrected chi connectivity index (χ3v) is 3.87. The van der Waals surface area contributed by atoms with Gasteiger partial charge >= 0.3 is 0 Å². The second-order valence-corrected chi connectivity index (χ2v) is 5.16. The molecule has 4 nitrogen and oxygen atoms in total. The van der Waals surface area contributed by atoms with E-state index in [1.807, 2.05) is 6.92 Å². The standard InChI is InChI=1S/C13H23N3O/c1-4-6-11(9-14)12(17)15-10-13(16(2)3)7-5-8-13/h11H,4-8,10H2,1-3H3,(H,15,17). The number of rotatable bonds is 6. The lowest BCUT2D eigenvalue weighted by atomic mass is 9.75. The quantitative estimate of drug-likeness (QED) is 0.762. The topological polar surface area (TPSA) is 56.1 Å². The van der Waals surface area contributed by atoms with E-state index in [2.05, 4.69) is 30.4 Å². The average Bonchev–Trinajstić information content (AvgIpc) is 2.23. The molecule has 0 bridgehead atoms. The highest BCUT2D eigenvalue weighted by Gasteiger charge is 2.39. The summed E-state index contributed by atoms with van der Waals surface area (Å²) in [4.78, 5) is 14.0. The van der Waals surface area contributed by atoms with Crippen molar-refractivity contribution in [3.63, 3.8) is 0 Å². The largest absolute Gasteiger partial charge is 0.353 e. The highest BCUT2D eigenvalue weighted by molar-refractivity contribution is 5.81. The van der Waals surface area contributed by atoms with Crippen molar-refractivity contribution >= 4 is 5.91 Å². The Kier molecular flexibility index (Phi) is 4.95. The van der Waals surface area contributed by atoms with Gasteiger partial charge in [-0.15, -0.1) is 0 Å². The SMILES string of the molecule is CCCC(C#N)C(=O)NCC1(N(C)C)CCC1. The van der Waals surface area contributed by atoms with Gasteiger partial charge in [-0.3, -0.25) is 4.79 Å². The van der Waals surface area contributed by atoms with Crippen molar-refractivity contribution in [1.82, 2.24) is 10.2 Å². The first kappa shape index (κ1) is 14.0. The fraction of sp³-hybridized carbons (Fsp3) is 0.846. The van der Waals surface area contributed by atoms with E-state index in [1.54, 1.807) is 0 Å². The first-order valence-corrected chi connectivity index (χ1v) is 6.40. The minimum atomic E-state index is -0.487. The molecular formula is C13H23N3O. The van der Waals surface area contributed by atoms with E-state index in [0.29, 0.717) is 13.0 Å². The molecule has 0 spiro atoms. The van der Waals surface area contributed by atoms with Crippen molar-refractivity contribution in [3.8, 4) is 6.07 Å². The predicted octanol–water partition coefficient (Wildman–Crippen LogP) is 1.53. The fourth-order valence-corrected chi connectivity index (χ4v) is 2.28. The number of carbonyl (C=O) groups excluding carboxylic acids is 1. The van der Waals surface area contributed by atoms with E-state index in [1.165, 1.54) is 6.42 Å². The summed E-state index contributed by atoms with van der Waals surface area (Å²) in [5, 5.41) is 11.9. The molecule has 1 rings (SSSR count). The van der Waals surface area contributed by atoms with Gasteiger partial charge in [0.05, 0.1) is 6.07 Å². The molecule has 1 amide bonds. The molecule has 0 aromatic heterocycles. The van der Waals surface area contributed by atoms with Gasteiger partial charge in [-0.1, -0.05) is 13.3 Å². The van der Waals surface area contributed by atoms with Crippen LogP contribution in [0, 0.1) is 17.2 Å². The lowest BCUT2D eigenvalue weighted by Gasteiger charge is -2.47. The van der Waals surface area contributed by atoms with Crippen molar-refractivity contribution in [2.45, 2.75) is 44.6 Å². The van der Waals surface area contributed by atoms with Gasteiger partial charge in [0.2, 0.25) is 5.91 Å². The normalized spacial score (nSPS) is 19.2. The van der Waals surface area contributed by atoms with Crippen molar-refractivity contribution in [1.29, 1.82) is 5.26 Å². The molecule has 0 radical (unpaired) electrons. The molecule has 1 fully saturated rings. The Morgan fingerprint density at radius 2 is 2.18 bits per heavy atom. The smallest absolute Gasteiger partial charge is 0.237 e. The van der Waals surface area contributed by atoms with E-state index >= 15 is 0 Å². The van der Waals surface area contributed by atoms with Crippen LogP contribution in [0.2, 0.25) is 0 Å². The zero-order valence-electron chi connectivity index (χ0n) is 11.1. The van der Waals surface area contributed by atoms with E-state index in [0.717, 1.165) is 19.3 Å². The van der Waals surface area contributed by atoms with Crippen molar-refractivity contribution in [3.05, 3.63) is 0 Å². The van der Waals surface area contributed by atoms with E-state index in [4.69, 9.17) is 5.26 Å². The van der Waals surface area contributed by atoms with Crippen molar-refractivity contribution in [2.24, 2.45) is 5.92 Å². The first-order chi connectivity index (χ1) is 8.05. The van der Waals surface area contributed by atoms with Crippen molar-refractivity contribution < 1.29 is 4.79 Å². The highest BCUT2D eigenvalue weighted by Crippen LogP contribution is 2.35. The van der Waals surface area contributed by atoms with Gasteiger partial charge in [0.1, 0.15) is 5.92 Å². The number of nitriles is 1. The maximum atomic E-state index is 11.8. The molecule has 0 aromatic carbocycles. The Bertz CT molecular complexity index is 302. The number of carbonyl (C=O) groups is 1. The molecule has 0 saturated heterocycles. The van der Waals surface area contributed by atoms with Gasteiger partial charge in [0.15, 0.2) is 0 Å². The number of nitrogens with zero attached hydrogens (tertiary/aromatic N) is 2. The summed E-state index contributed by atoms with van der Waals surface area (Å²) in [5.74, 6) is -0.596. The van der Waals surface area contributed by atoms with Crippen LogP contribution >= 0.6 is 0 Å². The Morgan fingerprint density at radius 1 is 1.53 bits per heavy atom. The van der Waals surface area contributed by atoms with Gasteiger partial charge in [-0.2, -0.15) is 5.26 Å². The Balaban J connectivity index is 2.44. The molecule has 4 heteroatoms. The van der Waals surface area contributed by atoms with Crippen LogP contribution in [0.15, 0.2) is 0 Å². The Morgan fingerprint density at radius 3 is 2.53 bits per heavy atom. The number of likely N-dealkylation sites (N-methyl/N-ethyl adjacent to an activating group) is 1. The molecule has 1 aliphatic rings. The van der Waals surface area contributed by atoms with Gasteiger partial charge in [-0.25, -0.2) is 0 Å². The predicted molar refractivity (Wildman–Crippen MR) is 67.3 cm³/mol. The van der Waals surface area contributed by atoms with Gasteiger partial charge in [-0.05, 0) is 39.8 Å². The molecule has 1 atom stereocenters. The monoisotopic (exact) mass is 237 g/mol. The van der Waals surface area contributed by atoms with Crippen molar-refractivity contribution in [2.75, 3.05) is 20.6 Å². The summed E-state index contributed by atoms with van der Waals surface area (Å²) in [6.45, 7) is 2.66. The maximum absolute atomic E-state index is 11.8. The number of nitrogens with one attached hydrogen (secondary N) is 1. The third kappa shape index (κ3) is 3.19. The summed E-state index contributed by atoms with van der Waals surface area (Å²) < 4.78 is 0. The van der Waals surface area contributed by atoms with Crippen LogP contribution in [0.25, 0.3) is 0 Å². The minimum absolute atomic E-state index is 0.109. The van der Waals surface area contributed by atoms with Crippen LogP contribution in [0.4, 0.5) is 0 Å². The average molecular weight is 237 g/mol. The number of amides is 1. The molecule has 17 heavy (non-hydrogen) atoms. The summed E-state index contributed by atoms with van der Waals surface area (Å²) in [6, 6.07) is 2.08. The highest BCUT2D eigenvalue weighted by atomic mass is 16.1. The minimum Gasteiger partial charge on any atom is -0.353 e. The van der Waals surface area contributed by atoms with Crippen LogP contribution in [0.3, 0.4) is 0 Å². The van der Waals surface area contributed by atoms with E-state index in [-0.39, 0.29) is 11.4 Å².